The second-order valence-corrected chi connectivity index (χ2v) is 9.05. The molecule has 4 aliphatic heterocycles. The van der Waals surface area contributed by atoms with Crippen LogP contribution in [0.2, 0.25) is 0 Å². The first-order valence-electron chi connectivity index (χ1n) is 10.8. The van der Waals surface area contributed by atoms with E-state index in [-0.39, 0.29) is 0 Å². The number of methoxy groups -OCH3 is 1. The molecule has 0 aliphatic carbocycles. The highest BCUT2D eigenvalue weighted by Gasteiger charge is 2.41. The molecule has 4 fully saturated rings. The second-order valence-electron chi connectivity index (χ2n) is 8.64. The van der Waals surface area contributed by atoms with Gasteiger partial charge in [-0.05, 0) is 75.0 Å². The highest BCUT2D eigenvalue weighted by atomic mass is 32.1. The number of anilines is 1. The molecule has 0 spiro atoms. The fraction of sp³-hybridized carbons (Fsp3) is 0.682. The number of hydrogen-bond acceptors (Lipinski definition) is 4. The van der Waals surface area contributed by atoms with Gasteiger partial charge in [-0.3, -0.25) is 9.80 Å². The van der Waals surface area contributed by atoms with Crippen molar-refractivity contribution in [1.82, 2.24) is 15.1 Å². The maximum Gasteiger partial charge on any atom is 0.170 e. The first-order valence-corrected chi connectivity index (χ1v) is 11.2. The Morgan fingerprint density at radius 1 is 1.18 bits per heavy atom. The lowest BCUT2D eigenvalue weighted by molar-refractivity contribution is -0.0158. The molecule has 0 radical (unpaired) electrons. The van der Waals surface area contributed by atoms with Gasteiger partial charge in [0.1, 0.15) is 0 Å². The fourth-order valence-electron chi connectivity index (χ4n) is 5.39. The van der Waals surface area contributed by atoms with Gasteiger partial charge in [0.15, 0.2) is 5.11 Å². The third-order valence-electron chi connectivity index (χ3n) is 6.87. The zero-order chi connectivity index (χ0) is 19.3. The maximum atomic E-state index is 5.49. The van der Waals surface area contributed by atoms with Gasteiger partial charge in [-0.2, -0.15) is 0 Å². The molecule has 0 saturated carbocycles. The molecule has 4 heterocycles. The summed E-state index contributed by atoms with van der Waals surface area (Å²) in [6.45, 7) is 6.82. The van der Waals surface area contributed by atoms with Gasteiger partial charge in [0.05, 0.1) is 6.61 Å². The van der Waals surface area contributed by atoms with Gasteiger partial charge in [-0.25, -0.2) is 0 Å². The van der Waals surface area contributed by atoms with Crippen molar-refractivity contribution < 1.29 is 4.74 Å². The van der Waals surface area contributed by atoms with E-state index in [0.29, 0.717) is 12.1 Å². The Bertz CT molecular complexity index is 643. The molecule has 4 aliphatic rings. The summed E-state index contributed by atoms with van der Waals surface area (Å²) in [6.07, 6.45) is 5.28. The van der Waals surface area contributed by atoms with Gasteiger partial charge in [0.2, 0.25) is 0 Å². The minimum atomic E-state index is 0.610. The highest BCUT2D eigenvalue weighted by Crippen LogP contribution is 2.37. The molecule has 1 aromatic carbocycles. The first-order chi connectivity index (χ1) is 13.7. The molecular formula is C22H34N4OS. The van der Waals surface area contributed by atoms with Gasteiger partial charge < -0.3 is 15.4 Å². The van der Waals surface area contributed by atoms with Crippen molar-refractivity contribution in [2.24, 2.45) is 11.8 Å². The number of ether oxygens (including phenoxy) is 1. The van der Waals surface area contributed by atoms with Crippen LogP contribution in [0.1, 0.15) is 25.7 Å². The number of piperidine rings is 3. The van der Waals surface area contributed by atoms with Crippen LogP contribution in [0.15, 0.2) is 30.3 Å². The molecule has 5 unspecified atom stereocenters. The van der Waals surface area contributed by atoms with Gasteiger partial charge in [-0.1, -0.05) is 18.2 Å². The molecule has 5 atom stereocenters. The molecule has 5 nitrogen and oxygen atoms in total. The van der Waals surface area contributed by atoms with E-state index in [2.05, 4.69) is 20.4 Å². The van der Waals surface area contributed by atoms with Crippen LogP contribution in [0.4, 0.5) is 5.69 Å². The van der Waals surface area contributed by atoms with Crippen LogP contribution in [0.3, 0.4) is 0 Å². The van der Waals surface area contributed by atoms with E-state index in [4.69, 9.17) is 17.0 Å². The Balaban J connectivity index is 1.24. The maximum absolute atomic E-state index is 5.49. The average molecular weight is 403 g/mol. The molecule has 6 heteroatoms. The minimum Gasteiger partial charge on any atom is -0.383 e. The highest BCUT2D eigenvalue weighted by molar-refractivity contribution is 7.80. The van der Waals surface area contributed by atoms with Crippen LogP contribution in [-0.4, -0.2) is 73.4 Å². The van der Waals surface area contributed by atoms with Gasteiger partial charge in [0.25, 0.3) is 0 Å². The third kappa shape index (κ3) is 4.85. The Kier molecular flexibility index (Phi) is 6.83. The Labute approximate surface area is 174 Å². The summed E-state index contributed by atoms with van der Waals surface area (Å²) in [5.74, 6) is 1.67. The molecule has 2 N–H and O–H groups in total. The summed E-state index contributed by atoms with van der Waals surface area (Å²) in [5, 5.41) is 7.46. The number of likely N-dealkylation sites (tertiary alicyclic amines) is 1. The van der Waals surface area contributed by atoms with Gasteiger partial charge in [0, 0.05) is 44.5 Å². The molecule has 154 valence electrons. The van der Waals surface area contributed by atoms with Crippen molar-refractivity contribution in [1.29, 1.82) is 0 Å². The van der Waals surface area contributed by atoms with Crippen molar-refractivity contribution >= 4 is 23.0 Å². The number of benzene rings is 1. The molecule has 0 amide bonds. The SMILES string of the molecule is COCC1CCCN1CC1CN2CCC1CC2CNC(=S)Nc1ccccc1. The van der Waals surface area contributed by atoms with Crippen LogP contribution in [0.25, 0.3) is 0 Å². The summed E-state index contributed by atoms with van der Waals surface area (Å²) >= 11 is 5.49. The number of rotatable bonds is 7. The van der Waals surface area contributed by atoms with E-state index in [1.807, 2.05) is 37.4 Å². The van der Waals surface area contributed by atoms with Gasteiger partial charge >= 0.3 is 0 Å². The lowest BCUT2D eigenvalue weighted by Crippen LogP contribution is -2.59. The molecule has 4 saturated heterocycles. The Morgan fingerprint density at radius 2 is 2.04 bits per heavy atom. The second kappa shape index (κ2) is 9.53. The Morgan fingerprint density at radius 3 is 2.79 bits per heavy atom. The summed E-state index contributed by atoms with van der Waals surface area (Å²) in [5.41, 5.74) is 1.04. The Hall–Kier alpha value is -1.21. The summed E-state index contributed by atoms with van der Waals surface area (Å²) in [6, 6.07) is 11.4. The van der Waals surface area contributed by atoms with Crippen molar-refractivity contribution in [2.45, 2.75) is 37.8 Å². The lowest BCUT2D eigenvalue weighted by Gasteiger charge is -2.51. The number of nitrogens with zero attached hydrogens (tertiary/aromatic N) is 2. The predicted octanol–water partition coefficient (Wildman–Crippen LogP) is 2.79. The first kappa shape index (κ1) is 20.1. The van der Waals surface area contributed by atoms with Gasteiger partial charge in [-0.15, -0.1) is 0 Å². The predicted molar refractivity (Wildman–Crippen MR) is 119 cm³/mol. The van der Waals surface area contributed by atoms with Crippen molar-refractivity contribution in [3.05, 3.63) is 30.3 Å². The monoisotopic (exact) mass is 402 g/mol. The molecule has 5 rings (SSSR count). The summed E-state index contributed by atoms with van der Waals surface area (Å²) in [7, 11) is 1.83. The minimum absolute atomic E-state index is 0.610. The molecule has 1 aromatic rings. The van der Waals surface area contributed by atoms with Crippen molar-refractivity contribution in [3.63, 3.8) is 0 Å². The van der Waals surface area contributed by atoms with Crippen LogP contribution in [-0.2, 0) is 4.74 Å². The number of fused-ring (bicyclic) bond motifs is 3. The van der Waals surface area contributed by atoms with E-state index in [1.54, 1.807) is 0 Å². The quantitative estimate of drug-likeness (QED) is 0.684. The van der Waals surface area contributed by atoms with E-state index in [9.17, 15) is 0 Å². The van der Waals surface area contributed by atoms with Crippen molar-refractivity contribution in [3.8, 4) is 0 Å². The molecule has 0 aromatic heterocycles. The van der Waals surface area contributed by atoms with Crippen LogP contribution >= 0.6 is 12.2 Å². The normalized spacial score (nSPS) is 32.4. The molecule has 2 bridgehead atoms. The summed E-state index contributed by atoms with van der Waals surface area (Å²) < 4.78 is 5.44. The smallest absolute Gasteiger partial charge is 0.170 e. The van der Waals surface area contributed by atoms with Crippen LogP contribution in [0.5, 0.6) is 0 Å². The summed E-state index contributed by atoms with van der Waals surface area (Å²) in [4.78, 5) is 5.40. The largest absolute Gasteiger partial charge is 0.383 e. The standard InChI is InChI=1S/C22H34N4OS/c1-27-16-20-8-5-10-25(20)14-18-15-26-11-9-17(18)12-21(26)13-23-22(28)24-19-6-3-2-4-7-19/h2-4,6-7,17-18,20-21H,5,8-16H2,1H3,(H2,23,24,28). The number of thiocarbonyl (C=S) groups is 1. The average Bonchev–Trinajstić information content (AvgIpc) is 3.15. The van der Waals surface area contributed by atoms with E-state index >= 15 is 0 Å². The number of para-hydroxylation sites is 1. The zero-order valence-corrected chi connectivity index (χ0v) is 17.8. The van der Waals surface area contributed by atoms with E-state index in [0.717, 1.165) is 35.8 Å². The van der Waals surface area contributed by atoms with Crippen molar-refractivity contribution in [2.75, 3.05) is 51.8 Å². The number of nitrogens with one attached hydrogen (secondary N) is 2. The lowest BCUT2D eigenvalue weighted by atomic mass is 9.75. The zero-order valence-electron chi connectivity index (χ0n) is 17.0. The molecule has 28 heavy (non-hydrogen) atoms. The van der Waals surface area contributed by atoms with E-state index < -0.39 is 0 Å². The van der Waals surface area contributed by atoms with Crippen LogP contribution in [0, 0.1) is 11.8 Å². The fourth-order valence-corrected chi connectivity index (χ4v) is 5.59. The van der Waals surface area contributed by atoms with Crippen LogP contribution < -0.4 is 10.6 Å². The topological polar surface area (TPSA) is 39.8 Å². The third-order valence-corrected chi connectivity index (χ3v) is 7.12. The van der Waals surface area contributed by atoms with E-state index in [1.165, 1.54) is 51.9 Å². The molecular weight excluding hydrogens is 368 g/mol. The number of hydrogen-bond donors (Lipinski definition) is 2.